The van der Waals surface area contributed by atoms with Crippen molar-refractivity contribution < 1.29 is 14.0 Å². The van der Waals surface area contributed by atoms with Crippen LogP contribution in [-0.2, 0) is 0 Å². The molecule has 0 aliphatic carbocycles. The zero-order valence-corrected chi connectivity index (χ0v) is 16.4. The number of amides is 2. The molecular weight excluding hydrogens is 371 g/mol. The van der Waals surface area contributed by atoms with Crippen molar-refractivity contribution >= 4 is 17.5 Å². The molecule has 3 heterocycles. The second kappa shape index (κ2) is 8.59. The van der Waals surface area contributed by atoms with Gasteiger partial charge in [-0.1, -0.05) is 6.07 Å². The van der Waals surface area contributed by atoms with Crippen LogP contribution in [0, 0.1) is 5.82 Å². The Labute approximate surface area is 169 Å². The summed E-state index contributed by atoms with van der Waals surface area (Å²) in [6.07, 6.45) is 3.19. The third-order valence-corrected chi connectivity index (χ3v) is 5.59. The number of hydrogen-bond acceptors (Lipinski definition) is 4. The van der Waals surface area contributed by atoms with Gasteiger partial charge in [-0.15, -0.1) is 0 Å². The van der Waals surface area contributed by atoms with Gasteiger partial charge in [-0.3, -0.25) is 9.59 Å². The van der Waals surface area contributed by atoms with Crippen LogP contribution < -0.4 is 4.90 Å². The van der Waals surface area contributed by atoms with Crippen LogP contribution >= 0.6 is 0 Å². The maximum Gasteiger partial charge on any atom is 0.272 e. The van der Waals surface area contributed by atoms with Gasteiger partial charge in [-0.25, -0.2) is 9.37 Å². The molecule has 0 N–H and O–H groups in total. The fraction of sp³-hybridized carbons (Fsp3) is 0.409. The van der Waals surface area contributed by atoms with E-state index in [4.69, 9.17) is 0 Å². The van der Waals surface area contributed by atoms with Crippen molar-refractivity contribution in [2.24, 2.45) is 0 Å². The third kappa shape index (κ3) is 4.39. The van der Waals surface area contributed by atoms with Crippen LogP contribution in [0.15, 0.2) is 42.5 Å². The van der Waals surface area contributed by atoms with E-state index in [1.807, 2.05) is 4.90 Å². The number of pyridine rings is 1. The van der Waals surface area contributed by atoms with Crippen LogP contribution in [0.5, 0.6) is 0 Å². The maximum atomic E-state index is 13.1. The molecule has 2 aliphatic heterocycles. The zero-order valence-electron chi connectivity index (χ0n) is 16.4. The van der Waals surface area contributed by atoms with Crippen molar-refractivity contribution in [3.8, 4) is 0 Å². The predicted molar refractivity (Wildman–Crippen MR) is 109 cm³/mol. The average molecular weight is 396 g/mol. The highest BCUT2D eigenvalue weighted by molar-refractivity contribution is 5.96. The van der Waals surface area contributed by atoms with E-state index in [1.54, 1.807) is 35.2 Å². The fourth-order valence-electron chi connectivity index (χ4n) is 3.91. The Balaban J connectivity index is 1.40. The number of rotatable bonds is 3. The molecule has 2 saturated heterocycles. The predicted octanol–water partition coefficient (Wildman–Crippen LogP) is 2.81. The molecule has 2 aromatic rings. The van der Waals surface area contributed by atoms with Gasteiger partial charge in [-0.2, -0.15) is 0 Å². The van der Waals surface area contributed by atoms with Gasteiger partial charge in [0.2, 0.25) is 0 Å². The van der Waals surface area contributed by atoms with E-state index in [9.17, 15) is 14.0 Å². The van der Waals surface area contributed by atoms with Crippen LogP contribution in [0.4, 0.5) is 10.1 Å². The summed E-state index contributed by atoms with van der Waals surface area (Å²) in [6, 6.07) is 11.5. The minimum Gasteiger partial charge on any atom is -0.368 e. The van der Waals surface area contributed by atoms with Gasteiger partial charge in [0.25, 0.3) is 11.8 Å². The van der Waals surface area contributed by atoms with E-state index in [0.29, 0.717) is 37.6 Å². The summed E-state index contributed by atoms with van der Waals surface area (Å²) >= 11 is 0. The van der Waals surface area contributed by atoms with Crippen LogP contribution in [0.3, 0.4) is 0 Å². The summed E-state index contributed by atoms with van der Waals surface area (Å²) in [4.78, 5) is 35.7. The number of nitrogens with zero attached hydrogens (tertiary/aromatic N) is 4. The van der Waals surface area contributed by atoms with Crippen molar-refractivity contribution in [1.82, 2.24) is 14.8 Å². The van der Waals surface area contributed by atoms with Gasteiger partial charge in [0.05, 0.1) is 0 Å². The first-order chi connectivity index (χ1) is 14.1. The Morgan fingerprint density at radius 2 is 1.28 bits per heavy atom. The summed E-state index contributed by atoms with van der Waals surface area (Å²) in [6.45, 7) is 3.96. The van der Waals surface area contributed by atoms with Crippen LogP contribution in [0.2, 0.25) is 0 Å². The summed E-state index contributed by atoms with van der Waals surface area (Å²) < 4.78 is 13.1. The first kappa shape index (κ1) is 19.4. The van der Waals surface area contributed by atoms with Gasteiger partial charge in [-0.05, 0) is 55.7 Å². The van der Waals surface area contributed by atoms with Crippen molar-refractivity contribution in [3.05, 3.63) is 59.7 Å². The molecule has 6 nitrogen and oxygen atoms in total. The Kier molecular flexibility index (Phi) is 5.74. The van der Waals surface area contributed by atoms with E-state index in [-0.39, 0.29) is 17.6 Å². The minimum absolute atomic E-state index is 0.0968. The maximum absolute atomic E-state index is 13.1. The number of carbonyl (C=O) groups excluding carboxylic acids is 2. The van der Waals surface area contributed by atoms with Crippen molar-refractivity contribution in [1.29, 1.82) is 0 Å². The summed E-state index contributed by atoms with van der Waals surface area (Å²) in [5.74, 6) is -0.509. The Hall–Kier alpha value is -2.96. The lowest BCUT2D eigenvalue weighted by Gasteiger charge is -2.36. The molecule has 0 atom stereocenters. The van der Waals surface area contributed by atoms with Gasteiger partial charge in [0.1, 0.15) is 17.2 Å². The largest absolute Gasteiger partial charge is 0.368 e. The smallest absolute Gasteiger partial charge is 0.272 e. The molecule has 0 radical (unpaired) electrons. The number of hydrogen-bond donors (Lipinski definition) is 0. The number of benzene rings is 1. The monoisotopic (exact) mass is 396 g/mol. The third-order valence-electron chi connectivity index (χ3n) is 5.59. The molecule has 1 aromatic heterocycles. The van der Waals surface area contributed by atoms with E-state index in [2.05, 4.69) is 9.88 Å². The van der Waals surface area contributed by atoms with Gasteiger partial charge in [0.15, 0.2) is 0 Å². The first-order valence-corrected chi connectivity index (χ1v) is 10.2. The van der Waals surface area contributed by atoms with Gasteiger partial charge in [0, 0.05) is 45.0 Å². The Bertz CT molecular complexity index is 873. The van der Waals surface area contributed by atoms with E-state index in [0.717, 1.165) is 38.0 Å². The number of carbonyl (C=O) groups is 2. The second-order valence-electron chi connectivity index (χ2n) is 7.52. The van der Waals surface area contributed by atoms with Crippen LogP contribution in [0.25, 0.3) is 0 Å². The quantitative estimate of drug-likeness (QED) is 0.801. The zero-order chi connectivity index (χ0) is 20.2. The lowest BCUT2D eigenvalue weighted by atomic mass is 10.1. The van der Waals surface area contributed by atoms with Gasteiger partial charge >= 0.3 is 0 Å². The highest BCUT2D eigenvalue weighted by atomic mass is 19.1. The summed E-state index contributed by atoms with van der Waals surface area (Å²) in [5, 5.41) is 0. The lowest BCUT2D eigenvalue weighted by molar-refractivity contribution is 0.0716. The van der Waals surface area contributed by atoms with Crippen molar-refractivity contribution in [2.45, 2.75) is 19.3 Å². The highest BCUT2D eigenvalue weighted by Gasteiger charge is 2.25. The normalized spacial score (nSPS) is 17.3. The highest BCUT2D eigenvalue weighted by Crippen LogP contribution is 2.18. The van der Waals surface area contributed by atoms with Crippen LogP contribution in [-0.4, -0.2) is 65.9 Å². The molecular formula is C22H25FN4O2. The molecule has 1 aromatic carbocycles. The minimum atomic E-state index is -0.257. The Morgan fingerprint density at radius 1 is 0.724 bits per heavy atom. The van der Waals surface area contributed by atoms with E-state index >= 15 is 0 Å². The Morgan fingerprint density at radius 3 is 1.86 bits per heavy atom. The standard InChI is InChI=1S/C22H25FN4O2/c23-17-7-9-18(10-8-17)25-13-15-27(16-14-25)22(29)20-6-4-5-19(24-20)21(28)26-11-2-1-3-12-26/h4-10H,1-3,11-16H2. The lowest BCUT2D eigenvalue weighted by Crippen LogP contribution is -2.49. The fourth-order valence-corrected chi connectivity index (χ4v) is 3.91. The number of anilines is 1. The molecule has 29 heavy (non-hydrogen) atoms. The molecule has 2 amide bonds. The SMILES string of the molecule is O=C(c1cccc(C(=O)N2CCN(c3ccc(F)cc3)CC2)n1)N1CCCCC1. The summed E-state index contributed by atoms with van der Waals surface area (Å²) in [5.41, 5.74) is 1.59. The molecule has 0 bridgehead atoms. The number of halogens is 1. The second-order valence-corrected chi connectivity index (χ2v) is 7.52. The summed E-state index contributed by atoms with van der Waals surface area (Å²) in [7, 11) is 0. The number of piperazine rings is 1. The average Bonchev–Trinajstić information content (AvgIpc) is 2.79. The number of likely N-dealkylation sites (tertiary alicyclic amines) is 1. The van der Waals surface area contributed by atoms with Crippen molar-refractivity contribution in [2.75, 3.05) is 44.2 Å². The molecule has 2 fully saturated rings. The molecule has 152 valence electrons. The molecule has 4 rings (SSSR count). The molecule has 0 spiro atoms. The first-order valence-electron chi connectivity index (χ1n) is 10.2. The van der Waals surface area contributed by atoms with Crippen molar-refractivity contribution in [3.63, 3.8) is 0 Å². The molecule has 0 unspecified atom stereocenters. The van der Waals surface area contributed by atoms with Crippen LogP contribution in [0.1, 0.15) is 40.2 Å². The number of aromatic nitrogens is 1. The molecule has 7 heteroatoms. The topological polar surface area (TPSA) is 56.8 Å². The van der Waals surface area contributed by atoms with E-state index < -0.39 is 0 Å². The van der Waals surface area contributed by atoms with Gasteiger partial charge < -0.3 is 14.7 Å². The molecule has 0 saturated carbocycles. The molecule has 2 aliphatic rings. The number of piperidine rings is 1. The van der Waals surface area contributed by atoms with E-state index in [1.165, 1.54) is 12.1 Å².